The summed E-state index contributed by atoms with van der Waals surface area (Å²) in [5, 5.41) is 6.15. The summed E-state index contributed by atoms with van der Waals surface area (Å²) in [5.74, 6) is 0.589. The summed E-state index contributed by atoms with van der Waals surface area (Å²) in [6.45, 7) is 12.9. The number of hydrogen-bond donors (Lipinski definition) is 2. The number of benzene rings is 1. The number of amides is 2. The Bertz CT molecular complexity index is 900. The van der Waals surface area contributed by atoms with E-state index in [0.29, 0.717) is 11.4 Å². The van der Waals surface area contributed by atoms with Gasteiger partial charge in [0.1, 0.15) is 23.6 Å². The summed E-state index contributed by atoms with van der Waals surface area (Å²) >= 11 is 0. The van der Waals surface area contributed by atoms with Crippen molar-refractivity contribution < 1.29 is 23.8 Å². The Balaban J connectivity index is 2.06. The third kappa shape index (κ3) is 7.77. The fourth-order valence-electron chi connectivity index (χ4n) is 2.50. The molecule has 2 N–H and O–H groups in total. The lowest BCUT2D eigenvalue weighted by atomic mass is 10.2. The molecule has 0 spiro atoms. The van der Waals surface area contributed by atoms with Gasteiger partial charge in [0.05, 0.1) is 23.4 Å². The lowest BCUT2D eigenvalue weighted by molar-refractivity contribution is 0.0493. The van der Waals surface area contributed by atoms with Crippen LogP contribution >= 0.6 is 0 Å². The molecule has 30 heavy (non-hydrogen) atoms. The number of hydrogen-bond acceptors (Lipinski definition) is 6. The molecule has 0 fully saturated rings. The van der Waals surface area contributed by atoms with Crippen LogP contribution in [0.25, 0.3) is 10.9 Å². The number of carbonyl (C=O) groups is 2. The predicted octanol–water partition coefficient (Wildman–Crippen LogP) is 4.87. The monoisotopic (exact) mass is 417 g/mol. The molecule has 2 aromatic rings. The van der Waals surface area contributed by atoms with Gasteiger partial charge in [0.15, 0.2) is 0 Å². The number of ether oxygens (including phenoxy) is 3. The molecule has 8 nitrogen and oxygen atoms in total. The average Bonchev–Trinajstić information content (AvgIpc) is 2.56. The zero-order chi connectivity index (χ0) is 22.5. The summed E-state index contributed by atoms with van der Waals surface area (Å²) in [4.78, 5) is 28.3. The zero-order valence-corrected chi connectivity index (χ0v) is 18.7. The molecule has 1 aromatic heterocycles. The largest absolute Gasteiger partial charge is 0.491 e. The Kier molecular flexibility index (Phi) is 7.12. The van der Waals surface area contributed by atoms with Crippen LogP contribution in [0.2, 0.25) is 0 Å². The summed E-state index contributed by atoms with van der Waals surface area (Å²) in [7, 11) is 0. The van der Waals surface area contributed by atoms with Gasteiger partial charge >= 0.3 is 12.2 Å². The molecule has 0 unspecified atom stereocenters. The molecule has 0 aliphatic heterocycles. The van der Waals surface area contributed by atoms with E-state index in [4.69, 9.17) is 14.2 Å². The normalized spacial score (nSPS) is 12.8. The summed E-state index contributed by atoms with van der Waals surface area (Å²) in [6.07, 6.45) is 0.502. The second-order valence-corrected chi connectivity index (χ2v) is 9.03. The third-order valence-electron chi connectivity index (χ3n) is 3.58. The second kappa shape index (κ2) is 9.19. The molecule has 0 radical (unpaired) electrons. The fraction of sp³-hybridized carbons (Fsp3) is 0.500. The molecule has 0 bridgehead atoms. The minimum atomic E-state index is -0.597. The van der Waals surface area contributed by atoms with Crippen molar-refractivity contribution >= 4 is 28.8 Å². The van der Waals surface area contributed by atoms with Gasteiger partial charge in [-0.3, -0.25) is 10.3 Å². The Morgan fingerprint density at radius 2 is 1.67 bits per heavy atom. The standard InChI is InChI=1S/C22H31N3O5/c1-14(24-19(26)29-21(2,3)4)13-28-18-10-8-9-17-16(18)11-15(12-23-17)25-20(27)30-22(5,6)7/h8-12,14H,13H2,1-7H3,(H,24,26)(H,25,27)/t14-/m1/s1. The molecule has 0 saturated heterocycles. The van der Waals surface area contributed by atoms with Gasteiger partial charge in [-0.25, -0.2) is 9.59 Å². The molecular weight excluding hydrogens is 386 g/mol. The van der Waals surface area contributed by atoms with E-state index in [2.05, 4.69) is 15.6 Å². The average molecular weight is 418 g/mol. The highest BCUT2D eigenvalue weighted by Crippen LogP contribution is 2.27. The van der Waals surface area contributed by atoms with Crippen LogP contribution in [0.3, 0.4) is 0 Å². The Morgan fingerprint density at radius 3 is 2.30 bits per heavy atom. The van der Waals surface area contributed by atoms with E-state index in [9.17, 15) is 9.59 Å². The first-order chi connectivity index (χ1) is 13.8. The maximum Gasteiger partial charge on any atom is 0.412 e. The quantitative estimate of drug-likeness (QED) is 0.720. The molecule has 164 valence electrons. The first kappa shape index (κ1) is 23.3. The molecule has 0 aliphatic rings. The van der Waals surface area contributed by atoms with Crippen LogP contribution in [0.4, 0.5) is 15.3 Å². The van der Waals surface area contributed by atoms with Crippen LogP contribution in [0.1, 0.15) is 48.5 Å². The first-order valence-electron chi connectivity index (χ1n) is 9.83. The molecule has 0 aliphatic carbocycles. The number of alkyl carbamates (subject to hydrolysis) is 1. The van der Waals surface area contributed by atoms with Gasteiger partial charge in [-0.15, -0.1) is 0 Å². The number of anilines is 1. The third-order valence-corrected chi connectivity index (χ3v) is 3.58. The molecule has 1 atom stereocenters. The summed E-state index contributed by atoms with van der Waals surface area (Å²) in [6, 6.07) is 6.99. The van der Waals surface area contributed by atoms with Crippen LogP contribution in [-0.4, -0.2) is 41.0 Å². The molecule has 2 rings (SSSR count). The SMILES string of the molecule is C[C@H](COc1cccc2ncc(NC(=O)OC(C)(C)C)cc12)NC(=O)OC(C)(C)C. The Hall–Kier alpha value is -3.03. The van der Waals surface area contributed by atoms with Gasteiger partial charge in [-0.2, -0.15) is 0 Å². The first-order valence-corrected chi connectivity index (χ1v) is 9.83. The maximum atomic E-state index is 12.0. The topological polar surface area (TPSA) is 98.8 Å². The van der Waals surface area contributed by atoms with Crippen molar-refractivity contribution in [1.29, 1.82) is 0 Å². The minimum absolute atomic E-state index is 0.238. The van der Waals surface area contributed by atoms with Gasteiger partial charge < -0.3 is 19.5 Å². The van der Waals surface area contributed by atoms with Crippen molar-refractivity contribution in [3.05, 3.63) is 30.5 Å². The van der Waals surface area contributed by atoms with Gasteiger partial charge in [-0.05, 0) is 66.7 Å². The van der Waals surface area contributed by atoms with Gasteiger partial charge in [0.2, 0.25) is 0 Å². The van der Waals surface area contributed by atoms with E-state index in [1.54, 1.807) is 53.8 Å². The lowest BCUT2D eigenvalue weighted by Crippen LogP contribution is -2.40. The van der Waals surface area contributed by atoms with Crippen molar-refractivity contribution in [3.8, 4) is 5.75 Å². The lowest BCUT2D eigenvalue weighted by Gasteiger charge is -2.22. The number of rotatable bonds is 5. The highest BCUT2D eigenvalue weighted by Gasteiger charge is 2.19. The second-order valence-electron chi connectivity index (χ2n) is 9.03. The molecule has 0 saturated carbocycles. The minimum Gasteiger partial charge on any atom is -0.491 e. The van der Waals surface area contributed by atoms with E-state index >= 15 is 0 Å². The molecular formula is C22H31N3O5. The van der Waals surface area contributed by atoms with E-state index in [1.807, 2.05) is 25.1 Å². The van der Waals surface area contributed by atoms with E-state index in [0.717, 1.165) is 10.9 Å². The van der Waals surface area contributed by atoms with Gasteiger partial charge in [0, 0.05) is 5.39 Å². The maximum absolute atomic E-state index is 12.0. The van der Waals surface area contributed by atoms with Crippen molar-refractivity contribution in [1.82, 2.24) is 10.3 Å². The highest BCUT2D eigenvalue weighted by atomic mass is 16.6. The molecule has 1 aromatic carbocycles. The predicted molar refractivity (Wildman–Crippen MR) is 116 cm³/mol. The van der Waals surface area contributed by atoms with Gasteiger partial charge in [-0.1, -0.05) is 6.07 Å². The van der Waals surface area contributed by atoms with Crippen molar-refractivity contribution in [2.45, 2.75) is 65.7 Å². The Morgan fingerprint density at radius 1 is 1.03 bits per heavy atom. The van der Waals surface area contributed by atoms with Gasteiger partial charge in [0.25, 0.3) is 0 Å². The summed E-state index contributed by atoms with van der Waals surface area (Å²) in [5.41, 5.74) is 0.0476. The number of nitrogens with zero attached hydrogens (tertiary/aromatic N) is 1. The van der Waals surface area contributed by atoms with E-state index in [1.165, 1.54) is 0 Å². The number of fused-ring (bicyclic) bond motifs is 1. The van der Waals surface area contributed by atoms with Crippen LogP contribution < -0.4 is 15.4 Å². The fourth-order valence-corrected chi connectivity index (χ4v) is 2.50. The number of carbonyl (C=O) groups excluding carboxylic acids is 2. The number of pyridine rings is 1. The molecule has 2 amide bonds. The Labute approximate surface area is 177 Å². The van der Waals surface area contributed by atoms with E-state index in [-0.39, 0.29) is 12.6 Å². The number of aromatic nitrogens is 1. The van der Waals surface area contributed by atoms with Crippen LogP contribution in [0, 0.1) is 0 Å². The molecule has 1 heterocycles. The summed E-state index contributed by atoms with van der Waals surface area (Å²) < 4.78 is 16.4. The van der Waals surface area contributed by atoms with E-state index < -0.39 is 23.4 Å². The van der Waals surface area contributed by atoms with Crippen molar-refractivity contribution in [2.24, 2.45) is 0 Å². The highest BCUT2D eigenvalue weighted by molar-refractivity contribution is 5.91. The zero-order valence-electron chi connectivity index (χ0n) is 18.7. The number of nitrogens with one attached hydrogen (secondary N) is 2. The van der Waals surface area contributed by atoms with Crippen LogP contribution in [0.5, 0.6) is 5.75 Å². The van der Waals surface area contributed by atoms with Crippen LogP contribution in [0.15, 0.2) is 30.5 Å². The van der Waals surface area contributed by atoms with Crippen LogP contribution in [-0.2, 0) is 9.47 Å². The smallest absolute Gasteiger partial charge is 0.412 e. The molecule has 8 heteroatoms. The van der Waals surface area contributed by atoms with Crippen molar-refractivity contribution in [3.63, 3.8) is 0 Å². The van der Waals surface area contributed by atoms with Crippen molar-refractivity contribution in [2.75, 3.05) is 11.9 Å².